The van der Waals surface area contributed by atoms with Crippen LogP contribution in [0.2, 0.25) is 0 Å². The van der Waals surface area contributed by atoms with E-state index in [9.17, 15) is 0 Å². The van der Waals surface area contributed by atoms with Gasteiger partial charge in [0.1, 0.15) is 0 Å². The summed E-state index contributed by atoms with van der Waals surface area (Å²) in [5.41, 5.74) is 5.08. The van der Waals surface area contributed by atoms with Gasteiger partial charge in [-0.05, 0) is 35.6 Å². The first-order valence-corrected chi connectivity index (χ1v) is 5.28. The van der Waals surface area contributed by atoms with Crippen LogP contribution in [0.5, 0.6) is 0 Å². The normalized spacial score (nSPS) is 11.2. The van der Waals surface area contributed by atoms with E-state index in [4.69, 9.17) is 0 Å². The van der Waals surface area contributed by atoms with Crippen LogP contribution in [0.4, 0.5) is 0 Å². The predicted molar refractivity (Wildman–Crippen MR) is 68.9 cm³/mol. The van der Waals surface area contributed by atoms with Gasteiger partial charge in [-0.3, -0.25) is 0 Å². The minimum absolute atomic E-state index is 1.07. The van der Waals surface area contributed by atoms with Gasteiger partial charge < -0.3 is 0 Å². The van der Waals surface area contributed by atoms with Crippen molar-refractivity contribution in [3.05, 3.63) is 66.3 Å². The molecule has 0 N–H and O–H groups in total. The summed E-state index contributed by atoms with van der Waals surface area (Å²) in [5.74, 6) is 0. The molecule has 0 heteroatoms. The molecule has 0 atom stereocenters. The van der Waals surface area contributed by atoms with Gasteiger partial charge in [0.2, 0.25) is 0 Å². The summed E-state index contributed by atoms with van der Waals surface area (Å²) < 4.78 is 0. The van der Waals surface area contributed by atoms with Crippen LogP contribution in [0.25, 0.3) is 5.57 Å². The summed E-state index contributed by atoms with van der Waals surface area (Å²) in [6.07, 6.45) is 6.71. The molecule has 0 unspecified atom stereocenters. The maximum absolute atomic E-state index is 3.82. The van der Waals surface area contributed by atoms with Crippen molar-refractivity contribution >= 4 is 5.57 Å². The summed E-state index contributed by atoms with van der Waals surface area (Å²) in [7, 11) is 0. The molecule has 0 saturated carbocycles. The van der Waals surface area contributed by atoms with Crippen LogP contribution in [0.15, 0.2) is 49.6 Å². The van der Waals surface area contributed by atoms with E-state index >= 15 is 0 Å². The maximum Gasteiger partial charge on any atom is -0.0181 e. The summed E-state index contributed by atoms with van der Waals surface area (Å²) in [6.45, 7) is 11.9. The smallest absolute Gasteiger partial charge is 0.0181 e. The van der Waals surface area contributed by atoms with Crippen molar-refractivity contribution in [3.63, 3.8) is 0 Å². The molecular weight excluding hydrogens is 180 g/mol. The van der Waals surface area contributed by atoms with E-state index in [1.165, 1.54) is 16.7 Å². The lowest BCUT2D eigenvalue weighted by Crippen LogP contribution is -1.89. The zero-order valence-electron chi connectivity index (χ0n) is 9.59. The second-order valence-electron chi connectivity index (χ2n) is 3.56. The van der Waals surface area contributed by atoms with Gasteiger partial charge in [-0.15, -0.1) is 0 Å². The van der Waals surface area contributed by atoms with Crippen LogP contribution >= 0.6 is 0 Å². The lowest BCUT2D eigenvalue weighted by Gasteiger charge is -2.07. The van der Waals surface area contributed by atoms with Crippen molar-refractivity contribution in [1.82, 2.24) is 0 Å². The Bertz CT molecular complexity index is 394. The quantitative estimate of drug-likeness (QED) is 0.632. The number of allylic oxidation sites excluding steroid dienone is 4. The fourth-order valence-corrected chi connectivity index (χ4v) is 1.64. The molecule has 0 saturated heterocycles. The Kier molecular flexibility index (Phi) is 4.11. The van der Waals surface area contributed by atoms with E-state index in [1.54, 1.807) is 6.08 Å². The van der Waals surface area contributed by atoms with Gasteiger partial charge in [0.15, 0.2) is 0 Å². The molecule has 0 aliphatic heterocycles. The Morgan fingerprint density at radius 2 is 2.07 bits per heavy atom. The van der Waals surface area contributed by atoms with Crippen molar-refractivity contribution in [2.75, 3.05) is 0 Å². The fraction of sp³-hybridized carbons (Fsp3) is 0.200. The SMILES string of the molecule is C=C/C=C(\C=C)c1ccc(C)c(CC)c1. The fourth-order valence-electron chi connectivity index (χ4n) is 1.64. The topological polar surface area (TPSA) is 0 Å². The van der Waals surface area contributed by atoms with E-state index in [2.05, 4.69) is 45.2 Å². The summed E-state index contributed by atoms with van der Waals surface area (Å²) in [4.78, 5) is 0. The molecule has 78 valence electrons. The van der Waals surface area contributed by atoms with E-state index in [1.807, 2.05) is 12.2 Å². The molecule has 0 aromatic heterocycles. The third kappa shape index (κ3) is 2.69. The van der Waals surface area contributed by atoms with Crippen LogP contribution in [0.3, 0.4) is 0 Å². The van der Waals surface area contributed by atoms with Gasteiger partial charge in [-0.2, -0.15) is 0 Å². The van der Waals surface area contributed by atoms with E-state index < -0.39 is 0 Å². The molecule has 1 aromatic carbocycles. The van der Waals surface area contributed by atoms with Crippen LogP contribution in [-0.4, -0.2) is 0 Å². The average molecular weight is 198 g/mol. The number of benzene rings is 1. The van der Waals surface area contributed by atoms with Crippen molar-refractivity contribution < 1.29 is 0 Å². The maximum atomic E-state index is 3.82. The van der Waals surface area contributed by atoms with Crippen LogP contribution < -0.4 is 0 Å². The summed E-state index contributed by atoms with van der Waals surface area (Å²) >= 11 is 0. The third-order valence-electron chi connectivity index (χ3n) is 2.58. The number of aryl methyl sites for hydroxylation is 2. The molecule has 0 spiro atoms. The highest BCUT2D eigenvalue weighted by atomic mass is 14.1. The lowest BCUT2D eigenvalue weighted by atomic mass is 9.98. The number of hydrogen-bond acceptors (Lipinski definition) is 0. The molecule has 1 rings (SSSR count). The Hall–Kier alpha value is -1.56. The van der Waals surface area contributed by atoms with Gasteiger partial charge in [0.25, 0.3) is 0 Å². The molecule has 0 heterocycles. The highest BCUT2D eigenvalue weighted by Crippen LogP contribution is 2.19. The molecule has 0 aliphatic carbocycles. The van der Waals surface area contributed by atoms with Crippen molar-refractivity contribution in [3.8, 4) is 0 Å². The Balaban J connectivity index is 3.20. The van der Waals surface area contributed by atoms with E-state index in [0.717, 1.165) is 12.0 Å². The third-order valence-corrected chi connectivity index (χ3v) is 2.58. The van der Waals surface area contributed by atoms with Gasteiger partial charge in [-0.25, -0.2) is 0 Å². The van der Waals surface area contributed by atoms with E-state index in [0.29, 0.717) is 0 Å². The van der Waals surface area contributed by atoms with Crippen LogP contribution in [0.1, 0.15) is 23.6 Å². The second kappa shape index (κ2) is 5.35. The lowest BCUT2D eigenvalue weighted by molar-refractivity contribution is 1.11. The molecule has 1 aromatic rings. The predicted octanol–water partition coefficient (Wildman–Crippen LogP) is 4.31. The molecule has 0 amide bonds. The molecule has 0 aliphatic rings. The van der Waals surface area contributed by atoms with Crippen LogP contribution in [0, 0.1) is 6.92 Å². The van der Waals surface area contributed by atoms with E-state index in [-0.39, 0.29) is 0 Å². The van der Waals surface area contributed by atoms with Gasteiger partial charge >= 0.3 is 0 Å². The van der Waals surface area contributed by atoms with Crippen molar-refractivity contribution in [2.45, 2.75) is 20.3 Å². The highest BCUT2D eigenvalue weighted by Gasteiger charge is 2.00. The highest BCUT2D eigenvalue weighted by molar-refractivity contribution is 5.75. The van der Waals surface area contributed by atoms with Gasteiger partial charge in [-0.1, -0.05) is 56.5 Å². The van der Waals surface area contributed by atoms with Gasteiger partial charge in [0.05, 0.1) is 0 Å². The molecule has 0 radical (unpaired) electrons. The van der Waals surface area contributed by atoms with Crippen LogP contribution in [-0.2, 0) is 6.42 Å². The Morgan fingerprint density at radius 1 is 1.33 bits per heavy atom. The summed E-state index contributed by atoms with van der Waals surface area (Å²) in [6, 6.07) is 6.52. The van der Waals surface area contributed by atoms with Gasteiger partial charge in [0, 0.05) is 0 Å². The van der Waals surface area contributed by atoms with Crippen molar-refractivity contribution in [1.29, 1.82) is 0 Å². The first kappa shape index (κ1) is 11.5. The molecule has 0 fully saturated rings. The largest absolute Gasteiger partial charge is 0.0990 e. The zero-order valence-corrected chi connectivity index (χ0v) is 9.59. The first-order valence-electron chi connectivity index (χ1n) is 5.28. The first-order chi connectivity index (χ1) is 7.22. The molecule has 0 bridgehead atoms. The molecule has 0 nitrogen and oxygen atoms in total. The monoisotopic (exact) mass is 198 g/mol. The minimum Gasteiger partial charge on any atom is -0.0990 e. The Labute approximate surface area is 92.6 Å². The Morgan fingerprint density at radius 3 is 2.60 bits per heavy atom. The number of hydrogen-bond donors (Lipinski definition) is 0. The molecule has 15 heavy (non-hydrogen) atoms. The summed E-state index contributed by atoms with van der Waals surface area (Å²) in [5, 5.41) is 0. The second-order valence-corrected chi connectivity index (χ2v) is 3.56. The minimum atomic E-state index is 1.07. The van der Waals surface area contributed by atoms with Crippen molar-refractivity contribution in [2.24, 2.45) is 0 Å². The standard InChI is InChI=1S/C15H18/c1-5-8-13(6-2)15-10-9-12(4)14(7-3)11-15/h5-6,8-11H,1-2,7H2,3-4H3/b13-8+. The molecular formula is C15H18. The average Bonchev–Trinajstić information content (AvgIpc) is 2.27. The number of rotatable bonds is 4. The zero-order chi connectivity index (χ0) is 11.3.